The Kier molecular flexibility index (Phi) is 4.72. The van der Waals surface area contributed by atoms with Crippen LogP contribution < -0.4 is 0 Å². The molecular formula is C21H18F4N6O. The standard InChI is InChI=1S/C21H18F4N6O/c1-11-14(5-3-6-15(11)21(23,24)25)20(32)31-13-4-2-7-16(31)18-28-29-19(30(18)10-13)17-26-8-12(22)9-27-17/h3,5-6,8-9,13,16H,2,4,7,10H2,1H3. The largest absolute Gasteiger partial charge is 0.416 e. The van der Waals surface area contributed by atoms with Crippen molar-refractivity contribution in [2.75, 3.05) is 0 Å². The van der Waals surface area contributed by atoms with Crippen LogP contribution in [0.3, 0.4) is 0 Å². The molecule has 1 fully saturated rings. The first-order valence-corrected chi connectivity index (χ1v) is 10.2. The molecule has 2 bridgehead atoms. The molecule has 2 unspecified atom stereocenters. The molecule has 7 nitrogen and oxygen atoms in total. The van der Waals surface area contributed by atoms with Crippen LogP contribution in [0.15, 0.2) is 30.6 Å². The van der Waals surface area contributed by atoms with Crippen LogP contribution in [0.5, 0.6) is 0 Å². The van der Waals surface area contributed by atoms with Crippen molar-refractivity contribution in [2.45, 2.75) is 51.0 Å². The highest BCUT2D eigenvalue weighted by Gasteiger charge is 2.44. The maximum Gasteiger partial charge on any atom is 0.416 e. The maximum absolute atomic E-state index is 13.5. The van der Waals surface area contributed by atoms with Gasteiger partial charge < -0.3 is 9.47 Å². The number of alkyl halides is 3. The quantitative estimate of drug-likeness (QED) is 0.557. The first-order valence-electron chi connectivity index (χ1n) is 10.2. The van der Waals surface area contributed by atoms with Gasteiger partial charge in [-0.1, -0.05) is 6.07 Å². The van der Waals surface area contributed by atoms with Crippen LogP contribution in [0.2, 0.25) is 0 Å². The summed E-state index contributed by atoms with van der Waals surface area (Å²) in [5, 5.41) is 8.41. The second kappa shape index (κ2) is 7.35. The van der Waals surface area contributed by atoms with E-state index in [9.17, 15) is 22.4 Å². The summed E-state index contributed by atoms with van der Waals surface area (Å²) in [6.07, 6.45) is -0.289. The van der Waals surface area contributed by atoms with E-state index in [1.54, 1.807) is 4.90 Å². The minimum Gasteiger partial charge on any atom is -0.324 e. The molecule has 2 atom stereocenters. The second-order valence-corrected chi connectivity index (χ2v) is 8.01. The summed E-state index contributed by atoms with van der Waals surface area (Å²) in [5.41, 5.74) is -0.869. The van der Waals surface area contributed by atoms with E-state index in [-0.39, 0.29) is 23.0 Å². The maximum atomic E-state index is 13.5. The van der Waals surface area contributed by atoms with Gasteiger partial charge in [-0.15, -0.1) is 10.2 Å². The van der Waals surface area contributed by atoms with Crippen molar-refractivity contribution in [3.8, 4) is 11.6 Å². The molecule has 3 aromatic rings. The number of halogens is 4. The number of amides is 1. The fraction of sp³-hybridized carbons (Fsp3) is 0.381. The Balaban J connectivity index is 1.54. The fourth-order valence-electron chi connectivity index (χ4n) is 4.68. The summed E-state index contributed by atoms with van der Waals surface area (Å²) < 4.78 is 55.1. The lowest BCUT2D eigenvalue weighted by Crippen LogP contribution is -2.52. The highest BCUT2D eigenvalue weighted by Crippen LogP contribution is 2.41. The van der Waals surface area contributed by atoms with Gasteiger partial charge in [-0.2, -0.15) is 13.2 Å². The fourth-order valence-corrected chi connectivity index (χ4v) is 4.68. The predicted octanol–water partition coefficient (Wildman–Crippen LogP) is 3.95. The van der Waals surface area contributed by atoms with Gasteiger partial charge in [0.05, 0.1) is 30.0 Å². The summed E-state index contributed by atoms with van der Waals surface area (Å²) in [5.74, 6) is 0.104. The van der Waals surface area contributed by atoms with Gasteiger partial charge in [0.15, 0.2) is 17.5 Å². The van der Waals surface area contributed by atoms with Crippen LogP contribution in [-0.2, 0) is 12.7 Å². The third-order valence-corrected chi connectivity index (χ3v) is 6.14. The Bertz CT molecular complexity index is 1190. The van der Waals surface area contributed by atoms with E-state index >= 15 is 0 Å². The molecule has 11 heteroatoms. The van der Waals surface area contributed by atoms with Gasteiger partial charge in [-0.3, -0.25) is 4.79 Å². The van der Waals surface area contributed by atoms with Crippen LogP contribution in [-0.4, -0.2) is 41.6 Å². The first-order chi connectivity index (χ1) is 15.3. The second-order valence-electron chi connectivity index (χ2n) is 8.01. The summed E-state index contributed by atoms with van der Waals surface area (Å²) in [6.45, 7) is 1.68. The van der Waals surface area contributed by atoms with Crippen LogP contribution in [0.4, 0.5) is 17.6 Å². The molecule has 2 aliphatic heterocycles. The van der Waals surface area contributed by atoms with Crippen LogP contribution in [0, 0.1) is 12.7 Å². The molecule has 0 N–H and O–H groups in total. The van der Waals surface area contributed by atoms with Crippen molar-refractivity contribution in [3.05, 3.63) is 58.9 Å². The first kappa shape index (κ1) is 20.5. The molecule has 0 radical (unpaired) electrons. The average molecular weight is 446 g/mol. The van der Waals surface area contributed by atoms with Gasteiger partial charge in [-0.25, -0.2) is 14.4 Å². The average Bonchev–Trinajstić information content (AvgIpc) is 3.16. The van der Waals surface area contributed by atoms with Crippen LogP contribution >= 0.6 is 0 Å². The summed E-state index contributed by atoms with van der Waals surface area (Å²) >= 11 is 0. The minimum absolute atomic E-state index is 0.0341. The van der Waals surface area contributed by atoms with Crippen molar-refractivity contribution in [1.29, 1.82) is 0 Å². The number of piperidine rings is 1. The Labute approximate surface area is 180 Å². The lowest BCUT2D eigenvalue weighted by Gasteiger charge is -2.46. The molecule has 5 rings (SSSR count). The number of benzene rings is 1. The zero-order valence-corrected chi connectivity index (χ0v) is 17.0. The van der Waals surface area contributed by atoms with Crippen LogP contribution in [0.1, 0.15) is 52.6 Å². The molecular weight excluding hydrogens is 428 g/mol. The van der Waals surface area contributed by atoms with Gasteiger partial charge >= 0.3 is 6.18 Å². The summed E-state index contributed by atoms with van der Waals surface area (Å²) in [7, 11) is 0. The predicted molar refractivity (Wildman–Crippen MR) is 104 cm³/mol. The van der Waals surface area contributed by atoms with E-state index < -0.39 is 29.5 Å². The lowest BCUT2D eigenvalue weighted by atomic mass is 9.90. The van der Waals surface area contributed by atoms with Crippen molar-refractivity contribution >= 4 is 5.91 Å². The Morgan fingerprint density at radius 1 is 1.12 bits per heavy atom. The molecule has 1 aromatic carbocycles. The van der Waals surface area contributed by atoms with Gasteiger partial charge in [0, 0.05) is 12.1 Å². The smallest absolute Gasteiger partial charge is 0.324 e. The molecule has 0 aliphatic carbocycles. The number of nitrogens with zero attached hydrogens (tertiary/aromatic N) is 6. The van der Waals surface area contributed by atoms with Crippen LogP contribution in [0.25, 0.3) is 11.6 Å². The topological polar surface area (TPSA) is 76.8 Å². The van der Waals surface area contributed by atoms with E-state index in [1.807, 2.05) is 4.57 Å². The number of fused-ring (bicyclic) bond motifs is 4. The lowest BCUT2D eigenvalue weighted by molar-refractivity contribution is -0.138. The molecule has 2 aromatic heterocycles. The molecule has 0 saturated carbocycles. The number of rotatable bonds is 2. The Morgan fingerprint density at radius 2 is 1.88 bits per heavy atom. The highest BCUT2D eigenvalue weighted by molar-refractivity contribution is 5.96. The normalized spacial score (nSPS) is 20.2. The zero-order valence-electron chi connectivity index (χ0n) is 17.0. The molecule has 1 saturated heterocycles. The van der Waals surface area contributed by atoms with E-state index in [2.05, 4.69) is 20.2 Å². The van der Waals surface area contributed by atoms with Crippen molar-refractivity contribution < 1.29 is 22.4 Å². The number of carbonyl (C=O) groups excluding carboxylic acids is 1. The molecule has 0 spiro atoms. The number of aromatic nitrogens is 5. The third kappa shape index (κ3) is 3.23. The SMILES string of the molecule is Cc1c(C(=O)N2C3CCCC2c2nnc(-c4ncc(F)cn4)n2C3)cccc1C(F)(F)F. The van der Waals surface area contributed by atoms with E-state index in [0.29, 0.717) is 31.0 Å². The summed E-state index contributed by atoms with van der Waals surface area (Å²) in [6, 6.07) is 3.01. The van der Waals surface area contributed by atoms with Gasteiger partial charge in [0.25, 0.3) is 5.91 Å². The van der Waals surface area contributed by atoms with E-state index in [4.69, 9.17) is 0 Å². The highest BCUT2D eigenvalue weighted by atomic mass is 19.4. The molecule has 166 valence electrons. The van der Waals surface area contributed by atoms with Gasteiger partial charge in [0.2, 0.25) is 5.82 Å². The molecule has 1 amide bonds. The minimum atomic E-state index is -4.54. The molecule has 32 heavy (non-hydrogen) atoms. The molecule has 2 aliphatic rings. The molecule has 4 heterocycles. The van der Waals surface area contributed by atoms with E-state index in [1.165, 1.54) is 19.1 Å². The zero-order chi connectivity index (χ0) is 22.6. The Hall–Kier alpha value is -3.37. The van der Waals surface area contributed by atoms with Crippen molar-refractivity contribution in [3.63, 3.8) is 0 Å². The van der Waals surface area contributed by atoms with Gasteiger partial charge in [-0.05, 0) is 43.9 Å². The van der Waals surface area contributed by atoms with Crippen molar-refractivity contribution in [1.82, 2.24) is 29.6 Å². The van der Waals surface area contributed by atoms with E-state index in [0.717, 1.165) is 24.9 Å². The van der Waals surface area contributed by atoms with Gasteiger partial charge in [0.1, 0.15) is 0 Å². The monoisotopic (exact) mass is 446 g/mol. The number of hydrogen-bond donors (Lipinski definition) is 0. The number of carbonyl (C=O) groups is 1. The Morgan fingerprint density at radius 3 is 2.59 bits per heavy atom. The summed E-state index contributed by atoms with van der Waals surface area (Å²) in [4.78, 5) is 23.1. The number of hydrogen-bond acceptors (Lipinski definition) is 5. The van der Waals surface area contributed by atoms with Crippen molar-refractivity contribution in [2.24, 2.45) is 0 Å². The third-order valence-electron chi connectivity index (χ3n) is 6.14.